The van der Waals surface area contributed by atoms with Crippen molar-refractivity contribution in [1.29, 1.82) is 0 Å². The fourth-order valence-corrected chi connectivity index (χ4v) is 2.71. The molecule has 2 aromatic heterocycles. The van der Waals surface area contributed by atoms with Crippen LogP contribution in [0.4, 0.5) is 15.4 Å². The van der Waals surface area contributed by atoms with Crippen LogP contribution < -0.4 is 4.90 Å². The maximum atomic E-state index is 12.9. The average Bonchev–Trinajstić information content (AvgIpc) is 2.97. The number of hydrogen-bond acceptors (Lipinski definition) is 8. The van der Waals surface area contributed by atoms with Crippen LogP contribution >= 0.6 is 15.9 Å². The molecule has 0 bridgehead atoms. The lowest BCUT2D eigenvalue weighted by Crippen LogP contribution is -2.44. The number of nitrogens with zero attached hydrogens (tertiary/aromatic N) is 4. The summed E-state index contributed by atoms with van der Waals surface area (Å²) in [5, 5.41) is 0. The zero-order valence-electron chi connectivity index (χ0n) is 17.3. The van der Waals surface area contributed by atoms with Crippen molar-refractivity contribution in [2.45, 2.75) is 52.7 Å². The summed E-state index contributed by atoms with van der Waals surface area (Å²) in [7, 11) is 1.22. The Morgan fingerprint density at radius 3 is 1.97 bits per heavy atom. The predicted molar refractivity (Wildman–Crippen MR) is 107 cm³/mol. The number of esters is 1. The second-order valence-corrected chi connectivity index (χ2v) is 8.76. The van der Waals surface area contributed by atoms with E-state index in [1.807, 2.05) is 0 Å². The highest BCUT2D eigenvalue weighted by Gasteiger charge is 2.36. The highest BCUT2D eigenvalue weighted by atomic mass is 79.9. The Hall–Kier alpha value is -2.69. The van der Waals surface area contributed by atoms with E-state index in [-0.39, 0.29) is 21.6 Å². The Labute approximate surface area is 176 Å². The third-order valence-electron chi connectivity index (χ3n) is 3.26. The van der Waals surface area contributed by atoms with Crippen molar-refractivity contribution in [3.63, 3.8) is 0 Å². The first kappa shape index (κ1) is 22.6. The van der Waals surface area contributed by atoms with Gasteiger partial charge in [0.05, 0.1) is 13.3 Å². The van der Waals surface area contributed by atoms with Gasteiger partial charge in [-0.3, -0.25) is 4.40 Å². The number of aromatic nitrogens is 3. The van der Waals surface area contributed by atoms with Crippen LogP contribution in [0.3, 0.4) is 0 Å². The topological polar surface area (TPSA) is 112 Å². The second-order valence-electron chi connectivity index (χ2n) is 8.01. The molecule has 0 fully saturated rings. The number of imide groups is 1. The van der Waals surface area contributed by atoms with Crippen molar-refractivity contribution >= 4 is 45.4 Å². The summed E-state index contributed by atoms with van der Waals surface area (Å²) in [6, 6.07) is 0. The van der Waals surface area contributed by atoms with Crippen molar-refractivity contribution in [2.24, 2.45) is 0 Å². The van der Waals surface area contributed by atoms with Crippen molar-refractivity contribution in [2.75, 3.05) is 12.0 Å². The summed E-state index contributed by atoms with van der Waals surface area (Å²) < 4.78 is 17.0. The Morgan fingerprint density at radius 2 is 1.52 bits per heavy atom. The summed E-state index contributed by atoms with van der Waals surface area (Å²) in [4.78, 5) is 46.6. The van der Waals surface area contributed by atoms with E-state index in [2.05, 4.69) is 25.9 Å². The Balaban J connectivity index is 2.69. The third-order valence-corrected chi connectivity index (χ3v) is 3.82. The zero-order chi connectivity index (χ0) is 22.1. The molecule has 0 N–H and O–H groups in total. The van der Waals surface area contributed by atoms with Gasteiger partial charge in [0, 0.05) is 0 Å². The van der Waals surface area contributed by atoms with Crippen LogP contribution in [-0.4, -0.2) is 50.8 Å². The lowest BCUT2D eigenvalue weighted by Gasteiger charge is -2.29. The maximum Gasteiger partial charge on any atom is 0.425 e. The van der Waals surface area contributed by atoms with Gasteiger partial charge in [-0.1, -0.05) is 0 Å². The summed E-state index contributed by atoms with van der Waals surface area (Å²) >= 11 is 3.24. The van der Waals surface area contributed by atoms with Crippen LogP contribution in [-0.2, 0) is 14.2 Å². The summed E-state index contributed by atoms with van der Waals surface area (Å²) in [6.07, 6.45) is 0.672. The SMILES string of the molecule is COC(=O)c1ncn2c(N(C(=O)OC(C)(C)C)C(=O)OC(C)(C)C)c(Br)ncc12. The van der Waals surface area contributed by atoms with Crippen LogP contribution in [0.15, 0.2) is 17.1 Å². The van der Waals surface area contributed by atoms with E-state index in [0.717, 1.165) is 0 Å². The molecule has 2 rings (SSSR count). The summed E-state index contributed by atoms with van der Waals surface area (Å²) in [5.74, 6) is -0.725. The lowest BCUT2D eigenvalue weighted by atomic mass is 10.2. The average molecular weight is 471 g/mol. The Bertz CT molecular complexity index is 930. The molecule has 0 saturated heterocycles. The largest absolute Gasteiger partial charge is 0.464 e. The van der Waals surface area contributed by atoms with Gasteiger partial charge >= 0.3 is 18.2 Å². The fraction of sp³-hybridized carbons (Fsp3) is 0.500. The van der Waals surface area contributed by atoms with Crippen molar-refractivity contribution in [3.8, 4) is 0 Å². The zero-order valence-corrected chi connectivity index (χ0v) is 18.9. The molecule has 158 valence electrons. The molecule has 0 aliphatic carbocycles. The number of fused-ring (bicyclic) bond motifs is 1. The number of amides is 2. The molecule has 0 spiro atoms. The molecule has 0 atom stereocenters. The first-order chi connectivity index (χ1) is 13.2. The molecule has 2 heterocycles. The van der Waals surface area contributed by atoms with Gasteiger partial charge in [0.2, 0.25) is 0 Å². The van der Waals surface area contributed by atoms with Crippen LogP contribution in [0.2, 0.25) is 0 Å². The van der Waals surface area contributed by atoms with Gasteiger partial charge in [-0.05, 0) is 57.5 Å². The quantitative estimate of drug-likeness (QED) is 0.478. The molecule has 29 heavy (non-hydrogen) atoms. The number of ether oxygens (including phenoxy) is 3. The molecule has 0 aliphatic rings. The molecule has 0 radical (unpaired) electrons. The first-order valence-electron chi connectivity index (χ1n) is 8.61. The molecule has 2 amide bonds. The van der Waals surface area contributed by atoms with Crippen molar-refractivity contribution in [1.82, 2.24) is 14.4 Å². The molecule has 0 unspecified atom stereocenters. The van der Waals surface area contributed by atoms with E-state index in [4.69, 9.17) is 14.2 Å². The highest BCUT2D eigenvalue weighted by Crippen LogP contribution is 2.30. The van der Waals surface area contributed by atoms with E-state index in [1.54, 1.807) is 41.5 Å². The van der Waals surface area contributed by atoms with E-state index in [9.17, 15) is 14.4 Å². The lowest BCUT2D eigenvalue weighted by molar-refractivity contribution is 0.0427. The third kappa shape index (κ3) is 5.22. The standard InChI is InChI=1S/C18H23BrN4O6/c1-17(2,3)28-15(25)23(16(26)29-18(4,5)6)13-12(19)20-8-10-11(14(24)27-7)21-9-22(10)13/h8-9H,1-7H3. The van der Waals surface area contributed by atoms with Crippen LogP contribution in [0.5, 0.6) is 0 Å². The number of hydrogen-bond donors (Lipinski definition) is 0. The van der Waals surface area contributed by atoms with Gasteiger partial charge in [0.15, 0.2) is 11.5 Å². The fourth-order valence-electron chi connectivity index (χ4n) is 2.24. The summed E-state index contributed by atoms with van der Waals surface area (Å²) in [6.45, 7) is 9.99. The van der Waals surface area contributed by atoms with Gasteiger partial charge in [0.1, 0.15) is 27.6 Å². The number of halogens is 1. The number of methoxy groups -OCH3 is 1. The van der Waals surface area contributed by atoms with Gasteiger partial charge in [-0.25, -0.2) is 24.4 Å². The van der Waals surface area contributed by atoms with Gasteiger partial charge in [-0.2, -0.15) is 4.90 Å². The second kappa shape index (κ2) is 7.97. The Kier molecular flexibility index (Phi) is 6.21. The number of anilines is 1. The molecular weight excluding hydrogens is 448 g/mol. The Morgan fingerprint density at radius 1 is 1.00 bits per heavy atom. The van der Waals surface area contributed by atoms with E-state index < -0.39 is 29.4 Å². The van der Waals surface area contributed by atoms with Crippen LogP contribution in [0.1, 0.15) is 52.0 Å². The highest BCUT2D eigenvalue weighted by molar-refractivity contribution is 9.10. The molecule has 0 saturated carbocycles. The predicted octanol–water partition coefficient (Wildman–Crippen LogP) is 3.96. The molecule has 10 nitrogen and oxygen atoms in total. The maximum absolute atomic E-state index is 12.9. The first-order valence-corrected chi connectivity index (χ1v) is 9.40. The van der Waals surface area contributed by atoms with E-state index >= 15 is 0 Å². The molecule has 2 aromatic rings. The van der Waals surface area contributed by atoms with E-state index in [0.29, 0.717) is 4.90 Å². The monoisotopic (exact) mass is 470 g/mol. The molecule has 0 aromatic carbocycles. The minimum Gasteiger partial charge on any atom is -0.464 e. The molecular formula is C18H23BrN4O6. The molecule has 0 aliphatic heterocycles. The van der Waals surface area contributed by atoms with Gasteiger partial charge < -0.3 is 14.2 Å². The van der Waals surface area contributed by atoms with Gasteiger partial charge in [-0.15, -0.1) is 0 Å². The summed E-state index contributed by atoms with van der Waals surface area (Å²) in [5.41, 5.74) is -1.55. The van der Waals surface area contributed by atoms with Crippen molar-refractivity contribution in [3.05, 3.63) is 22.8 Å². The minimum atomic E-state index is -0.977. The minimum absolute atomic E-state index is 0.0259. The smallest absolute Gasteiger partial charge is 0.425 e. The van der Waals surface area contributed by atoms with Gasteiger partial charge in [0.25, 0.3) is 0 Å². The van der Waals surface area contributed by atoms with Crippen LogP contribution in [0.25, 0.3) is 5.52 Å². The normalized spacial score (nSPS) is 11.9. The molecule has 11 heteroatoms. The van der Waals surface area contributed by atoms with E-state index in [1.165, 1.54) is 24.0 Å². The number of imidazole rings is 1. The number of carbonyl (C=O) groups excluding carboxylic acids is 3. The number of carbonyl (C=O) groups is 3. The van der Waals surface area contributed by atoms with Crippen LogP contribution in [0, 0.1) is 0 Å². The number of rotatable bonds is 2. The van der Waals surface area contributed by atoms with Crippen molar-refractivity contribution < 1.29 is 28.6 Å².